The van der Waals surface area contributed by atoms with E-state index in [0.29, 0.717) is 22.7 Å². The number of nitrogens with zero attached hydrogens (tertiary/aromatic N) is 6. The summed E-state index contributed by atoms with van der Waals surface area (Å²) in [5.74, 6) is 0.738. The van der Waals surface area contributed by atoms with E-state index in [-0.39, 0.29) is 11.9 Å². The van der Waals surface area contributed by atoms with Gasteiger partial charge in [-0.2, -0.15) is 15.5 Å². The number of hydrogen-bond donors (Lipinski definition) is 2. The fourth-order valence-corrected chi connectivity index (χ4v) is 4.77. The number of fused-ring (bicyclic) bond motifs is 2. The molecule has 0 bridgehead atoms. The Morgan fingerprint density at radius 1 is 1.20 bits per heavy atom. The predicted octanol–water partition coefficient (Wildman–Crippen LogP) is 3.87. The first-order valence-corrected chi connectivity index (χ1v) is 11.4. The Balaban J connectivity index is 1.36. The molecule has 0 aliphatic carbocycles. The van der Waals surface area contributed by atoms with Gasteiger partial charge in [0.2, 0.25) is 5.91 Å². The van der Waals surface area contributed by atoms with Gasteiger partial charge in [-0.05, 0) is 37.1 Å². The molecule has 0 saturated carbocycles. The van der Waals surface area contributed by atoms with E-state index >= 15 is 0 Å². The third-order valence-electron chi connectivity index (χ3n) is 6.69. The number of nitriles is 1. The van der Waals surface area contributed by atoms with Crippen LogP contribution in [0.5, 0.6) is 0 Å². The van der Waals surface area contributed by atoms with E-state index in [0.717, 1.165) is 59.0 Å². The number of likely N-dealkylation sites (tertiary alicyclic amines) is 1. The number of amides is 1. The Hall–Kier alpha value is -4.65. The third kappa shape index (κ3) is 3.49. The molecule has 1 aliphatic heterocycles. The largest absolute Gasteiger partial charge is 0.454 e. The molecular weight excluding hydrogens is 444 g/mol. The number of aromatic amines is 1. The van der Waals surface area contributed by atoms with Gasteiger partial charge in [0.05, 0.1) is 35.3 Å². The molecule has 1 saturated heterocycles. The number of nitrogens with two attached hydrogens (primary N) is 1. The molecule has 0 atom stereocenters. The number of rotatable bonds is 3. The van der Waals surface area contributed by atoms with Gasteiger partial charge < -0.3 is 15.1 Å². The lowest BCUT2D eigenvalue weighted by Crippen LogP contribution is -2.37. The molecular formula is C25H22N8O2. The topological polar surface area (TPSA) is 143 Å². The molecule has 0 radical (unpaired) electrons. The Kier molecular flexibility index (Phi) is 4.77. The molecule has 5 heterocycles. The number of carbonyl (C=O) groups is 1. The van der Waals surface area contributed by atoms with Crippen LogP contribution in [0.3, 0.4) is 0 Å². The standard InChI is InChI=1S/C25H22N8O2/c1-14(34)32-6-4-17(5-7-32)33-13-16(11-29-33)24-19-9-23(35-25(19)20(27)12-28-24)15-2-3-21-18(8-15)22(10-26)31-30-21/h2-3,8-9,11-13,17H,4-7,27H2,1H3,(H,30,31). The maximum absolute atomic E-state index is 11.6. The maximum atomic E-state index is 11.6. The number of piperidine rings is 1. The number of H-pyrrole nitrogens is 1. The van der Waals surface area contributed by atoms with E-state index in [1.165, 1.54) is 0 Å². The molecule has 10 nitrogen and oxygen atoms in total. The first-order valence-electron chi connectivity index (χ1n) is 11.4. The number of nitrogen functional groups attached to an aromatic ring is 1. The molecule has 0 spiro atoms. The van der Waals surface area contributed by atoms with E-state index in [4.69, 9.17) is 10.2 Å². The fourth-order valence-electron chi connectivity index (χ4n) is 4.77. The number of aromatic nitrogens is 5. The van der Waals surface area contributed by atoms with Crippen molar-refractivity contribution in [3.8, 4) is 28.7 Å². The highest BCUT2D eigenvalue weighted by atomic mass is 16.3. The molecule has 4 aromatic heterocycles. The van der Waals surface area contributed by atoms with Gasteiger partial charge in [-0.25, -0.2) is 0 Å². The zero-order valence-corrected chi connectivity index (χ0v) is 19.0. The van der Waals surface area contributed by atoms with Crippen molar-refractivity contribution in [2.45, 2.75) is 25.8 Å². The average Bonchev–Trinajstić information content (AvgIpc) is 3.62. The van der Waals surface area contributed by atoms with E-state index in [2.05, 4.69) is 26.3 Å². The van der Waals surface area contributed by atoms with Gasteiger partial charge >= 0.3 is 0 Å². The number of hydrogen-bond acceptors (Lipinski definition) is 7. The lowest BCUT2D eigenvalue weighted by molar-refractivity contribution is -0.130. The molecule has 1 amide bonds. The van der Waals surface area contributed by atoms with E-state index in [1.807, 2.05) is 40.0 Å². The number of carbonyl (C=O) groups excluding carboxylic acids is 1. The second kappa shape index (κ2) is 7.99. The van der Waals surface area contributed by atoms with Crippen LogP contribution in [-0.2, 0) is 4.79 Å². The minimum Gasteiger partial charge on any atom is -0.454 e. The van der Waals surface area contributed by atoms with Crippen molar-refractivity contribution in [3.05, 3.63) is 48.5 Å². The van der Waals surface area contributed by atoms with E-state index in [1.54, 1.807) is 19.3 Å². The lowest BCUT2D eigenvalue weighted by Gasteiger charge is -2.31. The Morgan fingerprint density at radius 2 is 2.03 bits per heavy atom. The second-order valence-corrected chi connectivity index (χ2v) is 8.81. The number of anilines is 1. The van der Waals surface area contributed by atoms with E-state index < -0.39 is 0 Å². The van der Waals surface area contributed by atoms with Crippen molar-refractivity contribution < 1.29 is 9.21 Å². The van der Waals surface area contributed by atoms with Gasteiger partial charge in [0.25, 0.3) is 0 Å². The summed E-state index contributed by atoms with van der Waals surface area (Å²) in [6, 6.07) is 9.92. The van der Waals surface area contributed by atoms with Crippen LogP contribution in [0.15, 0.2) is 47.3 Å². The number of pyridine rings is 1. The number of nitrogens with one attached hydrogen (secondary N) is 1. The van der Waals surface area contributed by atoms with Gasteiger partial charge in [-0.3, -0.25) is 19.6 Å². The summed E-state index contributed by atoms with van der Waals surface area (Å²) in [7, 11) is 0. The van der Waals surface area contributed by atoms with Gasteiger partial charge in [0.15, 0.2) is 11.3 Å². The van der Waals surface area contributed by atoms with Crippen LogP contribution in [0.25, 0.3) is 44.5 Å². The monoisotopic (exact) mass is 466 g/mol. The molecule has 0 unspecified atom stereocenters. The van der Waals surface area contributed by atoms with Crippen LogP contribution in [0.4, 0.5) is 5.69 Å². The molecule has 1 aliphatic rings. The molecule has 6 rings (SSSR count). The molecule has 10 heteroatoms. The Bertz CT molecular complexity index is 1630. The lowest BCUT2D eigenvalue weighted by atomic mass is 10.1. The molecule has 5 aromatic rings. The van der Waals surface area contributed by atoms with Crippen molar-refractivity contribution in [3.63, 3.8) is 0 Å². The quantitative estimate of drug-likeness (QED) is 0.411. The summed E-state index contributed by atoms with van der Waals surface area (Å²) in [4.78, 5) is 18.1. The summed E-state index contributed by atoms with van der Waals surface area (Å²) in [5.41, 5.74) is 10.7. The summed E-state index contributed by atoms with van der Waals surface area (Å²) >= 11 is 0. The van der Waals surface area contributed by atoms with Gasteiger partial charge in [-0.15, -0.1) is 0 Å². The molecule has 174 valence electrons. The molecule has 1 aromatic carbocycles. The normalized spacial score (nSPS) is 14.6. The first kappa shape index (κ1) is 20.9. The fraction of sp³-hybridized carbons (Fsp3) is 0.240. The summed E-state index contributed by atoms with van der Waals surface area (Å²) < 4.78 is 8.13. The summed E-state index contributed by atoms with van der Waals surface area (Å²) in [6.45, 7) is 3.08. The van der Waals surface area contributed by atoms with Crippen molar-refractivity contribution in [1.29, 1.82) is 5.26 Å². The Labute approximate surface area is 199 Å². The van der Waals surface area contributed by atoms with Crippen LogP contribution >= 0.6 is 0 Å². The van der Waals surface area contributed by atoms with E-state index in [9.17, 15) is 10.1 Å². The summed E-state index contributed by atoms with van der Waals surface area (Å²) in [5, 5.41) is 22.3. The van der Waals surface area contributed by atoms with Gasteiger partial charge in [-0.1, -0.05) is 0 Å². The molecule has 35 heavy (non-hydrogen) atoms. The van der Waals surface area contributed by atoms with Crippen LogP contribution in [0, 0.1) is 11.3 Å². The zero-order valence-electron chi connectivity index (χ0n) is 19.0. The van der Waals surface area contributed by atoms with Crippen LogP contribution < -0.4 is 5.73 Å². The van der Waals surface area contributed by atoms with Gasteiger partial charge in [0, 0.05) is 48.1 Å². The van der Waals surface area contributed by atoms with Crippen molar-refractivity contribution >= 4 is 33.5 Å². The van der Waals surface area contributed by atoms with Crippen molar-refractivity contribution in [1.82, 2.24) is 29.9 Å². The third-order valence-corrected chi connectivity index (χ3v) is 6.69. The maximum Gasteiger partial charge on any atom is 0.219 e. The van der Waals surface area contributed by atoms with Gasteiger partial charge in [0.1, 0.15) is 11.8 Å². The van der Waals surface area contributed by atoms with Crippen LogP contribution in [-0.4, -0.2) is 48.9 Å². The average molecular weight is 467 g/mol. The smallest absolute Gasteiger partial charge is 0.219 e. The molecule has 3 N–H and O–H groups in total. The highest BCUT2D eigenvalue weighted by molar-refractivity contribution is 6.00. The van der Waals surface area contributed by atoms with Crippen molar-refractivity contribution in [2.75, 3.05) is 18.8 Å². The first-order chi connectivity index (χ1) is 17.0. The Morgan fingerprint density at radius 3 is 2.80 bits per heavy atom. The predicted molar refractivity (Wildman–Crippen MR) is 130 cm³/mol. The second-order valence-electron chi connectivity index (χ2n) is 8.81. The SMILES string of the molecule is CC(=O)N1CCC(n2cc(-c3ncc(N)c4oc(-c5ccc6[nH]nc(C#N)c6c5)cc34)cn2)CC1. The highest BCUT2D eigenvalue weighted by Crippen LogP contribution is 2.37. The zero-order chi connectivity index (χ0) is 24.1. The van der Waals surface area contributed by atoms with Crippen molar-refractivity contribution in [2.24, 2.45) is 0 Å². The minimum absolute atomic E-state index is 0.115. The van der Waals surface area contributed by atoms with Crippen LogP contribution in [0.2, 0.25) is 0 Å². The van der Waals surface area contributed by atoms with Crippen LogP contribution in [0.1, 0.15) is 31.5 Å². The molecule has 1 fully saturated rings. The highest BCUT2D eigenvalue weighted by Gasteiger charge is 2.23. The number of furan rings is 1. The number of benzene rings is 1. The minimum atomic E-state index is 0.115. The summed E-state index contributed by atoms with van der Waals surface area (Å²) in [6.07, 6.45) is 7.12.